The van der Waals surface area contributed by atoms with Gasteiger partial charge in [-0.3, -0.25) is 9.48 Å². The van der Waals surface area contributed by atoms with E-state index in [1.54, 1.807) is 6.20 Å². The van der Waals surface area contributed by atoms with Gasteiger partial charge in [0.2, 0.25) is 0 Å². The molecule has 0 aliphatic heterocycles. The van der Waals surface area contributed by atoms with E-state index < -0.39 is 0 Å². The molecule has 0 aliphatic rings. The Bertz CT molecular complexity index is 754. The van der Waals surface area contributed by atoms with Crippen LogP contribution in [0, 0.1) is 0 Å². The van der Waals surface area contributed by atoms with Crippen LogP contribution in [0.25, 0.3) is 10.9 Å². The Balaban J connectivity index is 1.68. The predicted octanol–water partition coefficient (Wildman–Crippen LogP) is 2.18. The van der Waals surface area contributed by atoms with Gasteiger partial charge >= 0.3 is 0 Å². The first kappa shape index (κ1) is 14.3. The molecule has 6 nitrogen and oxygen atoms in total. The van der Waals surface area contributed by atoms with Gasteiger partial charge in [0.1, 0.15) is 5.69 Å². The molecular weight excluding hydrogens is 278 g/mol. The molecule has 0 fully saturated rings. The number of amides is 1. The van der Waals surface area contributed by atoms with E-state index in [-0.39, 0.29) is 5.91 Å². The maximum atomic E-state index is 12.3. The van der Waals surface area contributed by atoms with Crippen molar-refractivity contribution in [1.82, 2.24) is 19.7 Å². The van der Waals surface area contributed by atoms with Crippen molar-refractivity contribution in [2.75, 3.05) is 26.0 Å². The first-order valence-electron chi connectivity index (χ1n) is 7.18. The second-order valence-electron chi connectivity index (χ2n) is 5.52. The standard InChI is InChI=1S/C16H19N5O/c1-20(2)7-8-21-11-13(10-17-21)18-16(22)15-9-12-5-3-4-6-14(12)19-15/h3-6,9-11,19H,7-8H2,1-2H3,(H,18,22). The highest BCUT2D eigenvalue weighted by molar-refractivity contribution is 6.05. The molecule has 6 heteroatoms. The monoisotopic (exact) mass is 297 g/mol. The zero-order valence-electron chi connectivity index (χ0n) is 12.7. The predicted molar refractivity (Wildman–Crippen MR) is 87.0 cm³/mol. The number of fused-ring (bicyclic) bond motifs is 1. The first-order valence-corrected chi connectivity index (χ1v) is 7.18. The van der Waals surface area contributed by atoms with E-state index in [4.69, 9.17) is 0 Å². The molecule has 22 heavy (non-hydrogen) atoms. The fraction of sp³-hybridized carbons (Fsp3) is 0.250. The number of carbonyl (C=O) groups excluding carboxylic acids is 1. The maximum Gasteiger partial charge on any atom is 0.272 e. The Hall–Kier alpha value is -2.60. The number of hydrogen-bond donors (Lipinski definition) is 2. The molecule has 3 aromatic rings. The van der Waals surface area contributed by atoms with Crippen LogP contribution < -0.4 is 5.32 Å². The summed E-state index contributed by atoms with van der Waals surface area (Å²) in [6.07, 6.45) is 3.50. The highest BCUT2D eigenvalue weighted by atomic mass is 16.1. The summed E-state index contributed by atoms with van der Waals surface area (Å²) in [5.41, 5.74) is 2.19. The lowest BCUT2D eigenvalue weighted by Crippen LogP contribution is -2.18. The second-order valence-corrected chi connectivity index (χ2v) is 5.52. The number of hydrogen-bond acceptors (Lipinski definition) is 3. The van der Waals surface area contributed by atoms with Crippen LogP contribution in [0.4, 0.5) is 5.69 Å². The van der Waals surface area contributed by atoms with Crippen LogP contribution >= 0.6 is 0 Å². The SMILES string of the molecule is CN(C)CCn1cc(NC(=O)c2cc3ccccc3[nH]2)cn1. The average Bonchev–Trinajstić information content (AvgIpc) is 3.11. The van der Waals surface area contributed by atoms with Crippen LogP contribution in [-0.4, -0.2) is 46.2 Å². The fourth-order valence-corrected chi connectivity index (χ4v) is 2.25. The van der Waals surface area contributed by atoms with Gasteiger partial charge in [0, 0.05) is 23.6 Å². The van der Waals surface area contributed by atoms with Gasteiger partial charge in [0.25, 0.3) is 5.91 Å². The van der Waals surface area contributed by atoms with E-state index in [2.05, 4.69) is 20.3 Å². The summed E-state index contributed by atoms with van der Waals surface area (Å²) < 4.78 is 1.82. The molecule has 0 atom stereocenters. The lowest BCUT2D eigenvalue weighted by Gasteiger charge is -2.08. The van der Waals surface area contributed by atoms with Gasteiger partial charge in [0.15, 0.2) is 0 Å². The van der Waals surface area contributed by atoms with Crippen LogP contribution in [0.1, 0.15) is 10.5 Å². The number of H-pyrrole nitrogens is 1. The van der Waals surface area contributed by atoms with Crippen LogP contribution in [0.3, 0.4) is 0 Å². The van der Waals surface area contributed by atoms with Gasteiger partial charge in [-0.25, -0.2) is 0 Å². The molecule has 114 valence electrons. The number of nitrogens with one attached hydrogen (secondary N) is 2. The molecule has 0 aliphatic carbocycles. The van der Waals surface area contributed by atoms with E-state index >= 15 is 0 Å². The summed E-state index contributed by atoms with van der Waals surface area (Å²) in [6, 6.07) is 9.66. The Labute approximate surface area is 128 Å². The van der Waals surface area contributed by atoms with E-state index in [9.17, 15) is 4.79 Å². The summed E-state index contributed by atoms with van der Waals surface area (Å²) >= 11 is 0. The van der Waals surface area contributed by atoms with E-state index in [0.29, 0.717) is 11.4 Å². The number of benzene rings is 1. The molecule has 0 spiro atoms. The largest absolute Gasteiger partial charge is 0.351 e. The average molecular weight is 297 g/mol. The smallest absolute Gasteiger partial charge is 0.272 e. The molecule has 2 N–H and O–H groups in total. The van der Waals surface area contributed by atoms with Crippen molar-refractivity contribution in [2.45, 2.75) is 6.54 Å². The summed E-state index contributed by atoms with van der Waals surface area (Å²) in [7, 11) is 4.03. The van der Waals surface area contributed by atoms with Gasteiger partial charge in [-0.05, 0) is 26.2 Å². The Morgan fingerprint density at radius 1 is 1.36 bits per heavy atom. The van der Waals surface area contributed by atoms with Gasteiger partial charge in [-0.15, -0.1) is 0 Å². The molecule has 1 aromatic carbocycles. The summed E-state index contributed by atoms with van der Waals surface area (Å²) in [4.78, 5) is 17.5. The van der Waals surface area contributed by atoms with Crippen molar-refractivity contribution < 1.29 is 4.79 Å². The minimum Gasteiger partial charge on any atom is -0.351 e. The lowest BCUT2D eigenvalue weighted by molar-refractivity contribution is 0.102. The van der Waals surface area contributed by atoms with Crippen molar-refractivity contribution in [3.05, 3.63) is 48.4 Å². The highest BCUT2D eigenvalue weighted by Crippen LogP contribution is 2.16. The van der Waals surface area contributed by atoms with Gasteiger partial charge in [0.05, 0.1) is 18.4 Å². The molecule has 2 heterocycles. The molecule has 1 amide bonds. The molecule has 0 bridgehead atoms. The number of aromatic amines is 1. The van der Waals surface area contributed by atoms with E-state index in [1.165, 1.54) is 0 Å². The number of anilines is 1. The van der Waals surface area contributed by atoms with Crippen LogP contribution in [0.15, 0.2) is 42.7 Å². The van der Waals surface area contributed by atoms with Crippen molar-refractivity contribution in [3.63, 3.8) is 0 Å². The summed E-state index contributed by atoms with van der Waals surface area (Å²) in [5.74, 6) is -0.164. The molecular formula is C16H19N5O. The van der Waals surface area contributed by atoms with Crippen LogP contribution in [-0.2, 0) is 6.54 Å². The number of likely N-dealkylation sites (N-methyl/N-ethyl adjacent to an activating group) is 1. The van der Waals surface area contributed by atoms with Gasteiger partial charge in [-0.2, -0.15) is 5.10 Å². The minimum atomic E-state index is -0.164. The Morgan fingerprint density at radius 3 is 2.95 bits per heavy atom. The molecule has 2 aromatic heterocycles. The molecule has 3 rings (SSSR count). The van der Waals surface area contributed by atoms with Crippen molar-refractivity contribution >= 4 is 22.5 Å². The number of nitrogens with zero attached hydrogens (tertiary/aromatic N) is 3. The number of rotatable bonds is 5. The third kappa shape index (κ3) is 3.17. The normalized spacial score (nSPS) is 11.2. The van der Waals surface area contributed by atoms with Crippen LogP contribution in [0.5, 0.6) is 0 Å². The lowest BCUT2D eigenvalue weighted by atomic mass is 10.2. The topological polar surface area (TPSA) is 65.9 Å². The zero-order chi connectivity index (χ0) is 15.5. The van der Waals surface area contributed by atoms with Crippen molar-refractivity contribution in [3.8, 4) is 0 Å². The number of para-hydroxylation sites is 1. The molecule has 0 radical (unpaired) electrons. The quantitative estimate of drug-likeness (QED) is 0.758. The Kier molecular flexibility index (Phi) is 3.93. The van der Waals surface area contributed by atoms with Gasteiger partial charge < -0.3 is 15.2 Å². The van der Waals surface area contributed by atoms with Crippen molar-refractivity contribution in [1.29, 1.82) is 0 Å². The van der Waals surface area contributed by atoms with Crippen molar-refractivity contribution in [2.24, 2.45) is 0 Å². The number of carbonyl (C=O) groups is 1. The minimum absolute atomic E-state index is 0.164. The third-order valence-corrected chi connectivity index (χ3v) is 3.44. The summed E-state index contributed by atoms with van der Waals surface area (Å²) in [5, 5.41) is 8.13. The van der Waals surface area contributed by atoms with Crippen LogP contribution in [0.2, 0.25) is 0 Å². The molecule has 0 unspecified atom stereocenters. The Morgan fingerprint density at radius 2 is 2.18 bits per heavy atom. The molecule has 0 saturated carbocycles. The van der Waals surface area contributed by atoms with E-state index in [1.807, 2.05) is 55.3 Å². The number of aromatic nitrogens is 3. The third-order valence-electron chi connectivity index (χ3n) is 3.44. The fourth-order valence-electron chi connectivity index (χ4n) is 2.25. The maximum absolute atomic E-state index is 12.3. The first-order chi connectivity index (χ1) is 10.6. The summed E-state index contributed by atoms with van der Waals surface area (Å²) in [6.45, 7) is 1.69. The highest BCUT2D eigenvalue weighted by Gasteiger charge is 2.10. The second kappa shape index (κ2) is 6.03. The molecule has 0 saturated heterocycles. The van der Waals surface area contributed by atoms with E-state index in [0.717, 1.165) is 24.0 Å². The van der Waals surface area contributed by atoms with Gasteiger partial charge in [-0.1, -0.05) is 18.2 Å². The zero-order valence-corrected chi connectivity index (χ0v) is 12.7.